The van der Waals surface area contributed by atoms with Crippen molar-refractivity contribution in [2.45, 2.75) is 0 Å². The molecule has 0 aliphatic carbocycles. The van der Waals surface area contributed by atoms with E-state index in [0.717, 1.165) is 50.1 Å². The molecule has 0 N–H and O–H groups in total. The van der Waals surface area contributed by atoms with Crippen LogP contribution in [-0.2, 0) is 0 Å². The number of anilines is 3. The monoisotopic (exact) mass is 765 g/mol. The van der Waals surface area contributed by atoms with Crippen LogP contribution in [0.5, 0.6) is 0 Å². The van der Waals surface area contributed by atoms with Crippen molar-refractivity contribution in [2.75, 3.05) is 4.90 Å². The molecule has 2 heteroatoms. The Morgan fingerprint density at radius 1 is 0.267 bits per heavy atom. The van der Waals surface area contributed by atoms with Crippen molar-refractivity contribution >= 4 is 49.8 Å². The number of benzene rings is 10. The molecule has 0 atom stereocenters. The fourth-order valence-corrected chi connectivity index (χ4v) is 8.82. The van der Waals surface area contributed by atoms with Crippen molar-refractivity contribution in [1.29, 1.82) is 0 Å². The van der Waals surface area contributed by atoms with E-state index in [9.17, 15) is 0 Å². The predicted octanol–water partition coefficient (Wildman–Crippen LogP) is 16.5. The summed E-state index contributed by atoms with van der Waals surface area (Å²) in [5.41, 5.74) is 16.7. The molecule has 0 unspecified atom stereocenters. The predicted molar refractivity (Wildman–Crippen MR) is 253 cm³/mol. The van der Waals surface area contributed by atoms with Gasteiger partial charge in [0.05, 0.1) is 0 Å². The number of rotatable bonds is 8. The third-order valence-corrected chi connectivity index (χ3v) is 11.7. The molecular formula is C58H39NO. The lowest BCUT2D eigenvalue weighted by molar-refractivity contribution is 0.669. The summed E-state index contributed by atoms with van der Waals surface area (Å²) in [6, 6.07) is 85.1. The minimum absolute atomic E-state index is 0.873. The highest BCUT2D eigenvalue weighted by Gasteiger charge is 2.21. The van der Waals surface area contributed by atoms with Crippen LogP contribution in [0.3, 0.4) is 0 Å². The summed E-state index contributed by atoms with van der Waals surface area (Å²) in [6.07, 6.45) is 0. The molecule has 11 rings (SSSR count). The lowest BCUT2D eigenvalue weighted by Gasteiger charge is -2.27. The molecule has 1 aromatic heterocycles. The van der Waals surface area contributed by atoms with Gasteiger partial charge in [-0.3, -0.25) is 0 Å². The van der Waals surface area contributed by atoms with Crippen LogP contribution in [-0.4, -0.2) is 0 Å². The highest BCUT2D eigenvalue weighted by atomic mass is 16.3. The van der Waals surface area contributed by atoms with Crippen LogP contribution in [0.2, 0.25) is 0 Å². The largest absolute Gasteiger partial charge is 0.456 e. The number of para-hydroxylation sites is 1. The summed E-state index contributed by atoms with van der Waals surface area (Å²) in [5.74, 6) is 0. The highest BCUT2D eigenvalue weighted by Crippen LogP contribution is 2.46. The van der Waals surface area contributed by atoms with E-state index in [4.69, 9.17) is 4.42 Å². The molecule has 11 aromatic rings. The standard InChI is InChI=1S/C58H39NO/c1-3-17-41(18-4-1)50-26-9-10-28-54(50)58-51(42-19-5-2-6-20-42)29-15-30-52(58)46-23-14-25-48(38-46)59(49-34-35-57-55(39-49)53-27-11-12-31-56(53)60-57)47-24-13-22-44(37-47)45-33-32-40-16-7-8-21-43(40)36-45/h1-39H. The van der Waals surface area contributed by atoms with Crippen LogP contribution in [0.25, 0.3) is 88.3 Å². The van der Waals surface area contributed by atoms with E-state index in [1.165, 1.54) is 55.3 Å². The summed E-state index contributed by atoms with van der Waals surface area (Å²) in [4.78, 5) is 2.38. The Morgan fingerprint density at radius 2 is 0.783 bits per heavy atom. The van der Waals surface area contributed by atoms with E-state index in [2.05, 4.69) is 229 Å². The topological polar surface area (TPSA) is 16.4 Å². The zero-order valence-electron chi connectivity index (χ0n) is 32.9. The molecule has 60 heavy (non-hydrogen) atoms. The van der Waals surface area contributed by atoms with Crippen LogP contribution in [0, 0.1) is 0 Å². The van der Waals surface area contributed by atoms with Gasteiger partial charge in [-0.2, -0.15) is 0 Å². The zero-order valence-corrected chi connectivity index (χ0v) is 32.9. The fraction of sp³-hybridized carbons (Fsp3) is 0. The van der Waals surface area contributed by atoms with Gasteiger partial charge in [0, 0.05) is 27.8 Å². The van der Waals surface area contributed by atoms with Crippen molar-refractivity contribution < 1.29 is 4.42 Å². The molecule has 2 nitrogen and oxygen atoms in total. The maximum atomic E-state index is 6.31. The quantitative estimate of drug-likeness (QED) is 0.153. The molecule has 0 saturated heterocycles. The maximum absolute atomic E-state index is 6.31. The maximum Gasteiger partial charge on any atom is 0.135 e. The highest BCUT2D eigenvalue weighted by molar-refractivity contribution is 6.07. The lowest BCUT2D eigenvalue weighted by atomic mass is 9.84. The third-order valence-electron chi connectivity index (χ3n) is 11.7. The van der Waals surface area contributed by atoms with E-state index in [-0.39, 0.29) is 0 Å². The zero-order chi connectivity index (χ0) is 39.8. The number of hydrogen-bond acceptors (Lipinski definition) is 2. The van der Waals surface area contributed by atoms with Gasteiger partial charge in [-0.05, 0) is 121 Å². The summed E-state index contributed by atoms with van der Waals surface area (Å²) in [5, 5.41) is 4.65. The Labute approximate surface area is 349 Å². The first-order chi connectivity index (χ1) is 29.7. The molecule has 1 heterocycles. The summed E-state index contributed by atoms with van der Waals surface area (Å²) in [7, 11) is 0. The first-order valence-electron chi connectivity index (χ1n) is 20.5. The summed E-state index contributed by atoms with van der Waals surface area (Å²) in [6.45, 7) is 0. The van der Waals surface area contributed by atoms with Crippen molar-refractivity contribution in [1.82, 2.24) is 0 Å². The Kier molecular flexibility index (Phi) is 8.87. The SMILES string of the molecule is c1ccc(-c2ccccc2-c2c(-c3ccccc3)cccc2-c2cccc(N(c3cccc(-c4ccc5ccccc5c4)c3)c3ccc4oc5ccccc5c4c3)c2)cc1. The molecule has 10 aromatic carbocycles. The second-order valence-corrected chi connectivity index (χ2v) is 15.3. The third kappa shape index (κ3) is 6.41. The normalized spacial score (nSPS) is 11.3. The van der Waals surface area contributed by atoms with Crippen molar-refractivity contribution in [3.63, 3.8) is 0 Å². The fourth-order valence-electron chi connectivity index (χ4n) is 8.82. The smallest absolute Gasteiger partial charge is 0.135 e. The molecule has 282 valence electrons. The second kappa shape index (κ2) is 15.1. The molecule has 0 aliphatic rings. The minimum atomic E-state index is 0.873. The van der Waals surface area contributed by atoms with Gasteiger partial charge in [-0.15, -0.1) is 0 Å². The number of furan rings is 1. The van der Waals surface area contributed by atoms with Gasteiger partial charge in [-0.1, -0.05) is 182 Å². The van der Waals surface area contributed by atoms with E-state index in [1.54, 1.807) is 0 Å². The first-order valence-corrected chi connectivity index (χ1v) is 20.5. The van der Waals surface area contributed by atoms with Crippen molar-refractivity contribution in [2.24, 2.45) is 0 Å². The average Bonchev–Trinajstić information content (AvgIpc) is 3.70. The van der Waals surface area contributed by atoms with Crippen molar-refractivity contribution in [3.05, 3.63) is 237 Å². The Hall–Kier alpha value is -7.94. The summed E-state index contributed by atoms with van der Waals surface area (Å²) >= 11 is 0. The molecule has 0 radical (unpaired) electrons. The Morgan fingerprint density at radius 3 is 1.57 bits per heavy atom. The van der Waals surface area contributed by atoms with Gasteiger partial charge < -0.3 is 9.32 Å². The van der Waals surface area contributed by atoms with Crippen LogP contribution < -0.4 is 4.90 Å². The Balaban J connectivity index is 1.12. The number of hydrogen-bond donors (Lipinski definition) is 0. The van der Waals surface area contributed by atoms with Crippen molar-refractivity contribution in [3.8, 4) is 55.6 Å². The van der Waals surface area contributed by atoms with E-state index in [1.807, 2.05) is 12.1 Å². The van der Waals surface area contributed by atoms with Gasteiger partial charge in [-0.25, -0.2) is 0 Å². The number of nitrogens with zero attached hydrogens (tertiary/aromatic N) is 1. The van der Waals surface area contributed by atoms with E-state index >= 15 is 0 Å². The van der Waals surface area contributed by atoms with E-state index in [0.29, 0.717) is 0 Å². The van der Waals surface area contributed by atoms with Gasteiger partial charge in [0.1, 0.15) is 11.2 Å². The van der Waals surface area contributed by atoms with Gasteiger partial charge in [0.25, 0.3) is 0 Å². The first kappa shape index (κ1) is 35.2. The van der Waals surface area contributed by atoms with Gasteiger partial charge in [0.2, 0.25) is 0 Å². The van der Waals surface area contributed by atoms with Crippen LogP contribution in [0.4, 0.5) is 17.1 Å². The molecule has 0 bridgehead atoms. The van der Waals surface area contributed by atoms with Crippen LogP contribution in [0.15, 0.2) is 241 Å². The van der Waals surface area contributed by atoms with Crippen LogP contribution in [0.1, 0.15) is 0 Å². The minimum Gasteiger partial charge on any atom is -0.456 e. The average molecular weight is 766 g/mol. The molecule has 0 amide bonds. The van der Waals surface area contributed by atoms with Gasteiger partial charge in [0.15, 0.2) is 0 Å². The molecular weight excluding hydrogens is 727 g/mol. The van der Waals surface area contributed by atoms with Crippen LogP contribution >= 0.6 is 0 Å². The Bertz CT molecular complexity index is 3330. The lowest BCUT2D eigenvalue weighted by Crippen LogP contribution is -2.10. The molecule has 0 fully saturated rings. The van der Waals surface area contributed by atoms with E-state index < -0.39 is 0 Å². The molecule has 0 spiro atoms. The number of fused-ring (bicyclic) bond motifs is 4. The second-order valence-electron chi connectivity index (χ2n) is 15.3. The summed E-state index contributed by atoms with van der Waals surface area (Å²) < 4.78 is 6.31. The molecule has 0 saturated carbocycles. The van der Waals surface area contributed by atoms with Gasteiger partial charge >= 0.3 is 0 Å². The molecule has 0 aliphatic heterocycles.